The number of benzene rings is 3. The number of carboxylic acid groups (broad SMARTS) is 1. The molecule has 3 aromatic carbocycles. The van der Waals surface area contributed by atoms with Gasteiger partial charge in [-0.1, -0.05) is 30.8 Å². The van der Waals surface area contributed by atoms with Gasteiger partial charge in [-0.3, -0.25) is 0 Å². The molecule has 0 aromatic heterocycles. The van der Waals surface area contributed by atoms with E-state index in [2.05, 4.69) is 11.9 Å². The van der Waals surface area contributed by atoms with Crippen molar-refractivity contribution >= 4 is 34.7 Å². The number of carbonyl (C=O) groups is 2. The molecule has 0 radical (unpaired) electrons. The SMILES string of the molecule is C=CN(c1cccc(NC(=O)NCC(F)(F)F)c1)c1ccc(-c2cccc(C(=O)O)c2)cc1N. The average molecular weight is 470 g/mol. The number of hydrogen-bond acceptors (Lipinski definition) is 4. The van der Waals surface area contributed by atoms with Gasteiger partial charge in [-0.2, -0.15) is 13.2 Å². The van der Waals surface area contributed by atoms with Crippen molar-refractivity contribution in [3.63, 3.8) is 0 Å². The minimum Gasteiger partial charge on any atom is -0.478 e. The maximum atomic E-state index is 12.3. The van der Waals surface area contributed by atoms with Crippen LogP contribution in [0, 0.1) is 0 Å². The number of alkyl halides is 3. The van der Waals surface area contributed by atoms with Crippen LogP contribution in [0.25, 0.3) is 11.1 Å². The highest BCUT2D eigenvalue weighted by Crippen LogP contribution is 2.35. The zero-order valence-corrected chi connectivity index (χ0v) is 17.8. The molecular formula is C24H21F3N4O3. The summed E-state index contributed by atoms with van der Waals surface area (Å²) in [5, 5.41) is 13.3. The van der Waals surface area contributed by atoms with E-state index in [-0.39, 0.29) is 11.3 Å². The molecule has 0 aliphatic rings. The van der Waals surface area contributed by atoms with Crippen molar-refractivity contribution in [3.05, 3.63) is 85.1 Å². The molecule has 2 amide bonds. The summed E-state index contributed by atoms with van der Waals surface area (Å²) < 4.78 is 36.9. The summed E-state index contributed by atoms with van der Waals surface area (Å²) in [7, 11) is 0. The first kappa shape index (κ1) is 24.2. The van der Waals surface area contributed by atoms with E-state index in [4.69, 9.17) is 5.73 Å². The molecule has 0 heterocycles. The van der Waals surface area contributed by atoms with Gasteiger partial charge in [0.05, 0.1) is 16.9 Å². The Kier molecular flexibility index (Phi) is 7.10. The van der Waals surface area contributed by atoms with Gasteiger partial charge in [0, 0.05) is 17.6 Å². The number of carboxylic acids is 1. The standard InChI is InChI=1S/C24H21F3N4O3/c1-2-31(19-8-4-7-18(13-19)30-23(34)29-14-24(25,26)27)21-10-9-16(12-20(21)28)15-5-3-6-17(11-15)22(32)33/h2-13H,1,14,28H2,(H,32,33)(H2,29,30,34). The van der Waals surface area contributed by atoms with E-state index < -0.39 is 24.7 Å². The molecule has 0 aliphatic heterocycles. The second kappa shape index (κ2) is 9.99. The lowest BCUT2D eigenvalue weighted by Crippen LogP contribution is -2.36. The Morgan fingerprint density at radius 1 is 1.03 bits per heavy atom. The predicted molar refractivity (Wildman–Crippen MR) is 125 cm³/mol. The molecule has 0 aliphatic carbocycles. The maximum Gasteiger partial charge on any atom is 0.405 e. The van der Waals surface area contributed by atoms with Gasteiger partial charge in [0.2, 0.25) is 0 Å². The molecule has 0 atom stereocenters. The van der Waals surface area contributed by atoms with Crippen molar-refractivity contribution in [1.82, 2.24) is 5.32 Å². The first-order valence-electron chi connectivity index (χ1n) is 9.94. The van der Waals surface area contributed by atoms with Crippen LogP contribution in [0.5, 0.6) is 0 Å². The Hall–Kier alpha value is -4.47. The zero-order chi connectivity index (χ0) is 24.9. The van der Waals surface area contributed by atoms with Gasteiger partial charge in [-0.15, -0.1) is 0 Å². The molecule has 34 heavy (non-hydrogen) atoms. The van der Waals surface area contributed by atoms with Crippen LogP contribution < -0.4 is 21.3 Å². The number of halogens is 3. The van der Waals surface area contributed by atoms with Crippen molar-refractivity contribution in [1.29, 1.82) is 0 Å². The van der Waals surface area contributed by atoms with E-state index in [1.54, 1.807) is 64.8 Å². The number of aromatic carboxylic acids is 1. The molecule has 3 aromatic rings. The van der Waals surface area contributed by atoms with E-state index in [0.717, 1.165) is 0 Å². The lowest BCUT2D eigenvalue weighted by Gasteiger charge is -2.23. The largest absolute Gasteiger partial charge is 0.478 e. The zero-order valence-electron chi connectivity index (χ0n) is 17.8. The fourth-order valence-electron chi connectivity index (χ4n) is 3.22. The summed E-state index contributed by atoms with van der Waals surface area (Å²) in [6.07, 6.45) is -3.02. The Labute approximate surface area is 193 Å². The third kappa shape index (κ3) is 6.06. The van der Waals surface area contributed by atoms with Crippen LogP contribution in [-0.4, -0.2) is 29.8 Å². The van der Waals surface area contributed by atoms with Crippen LogP contribution in [0.3, 0.4) is 0 Å². The Morgan fingerprint density at radius 2 is 1.74 bits per heavy atom. The molecular weight excluding hydrogens is 449 g/mol. The first-order chi connectivity index (χ1) is 16.1. The number of hydrogen-bond donors (Lipinski definition) is 4. The molecule has 0 saturated heterocycles. The van der Waals surface area contributed by atoms with Gasteiger partial charge >= 0.3 is 18.2 Å². The fourth-order valence-corrected chi connectivity index (χ4v) is 3.22. The summed E-state index contributed by atoms with van der Waals surface area (Å²) in [5.41, 5.74) is 9.58. The van der Waals surface area contributed by atoms with E-state index in [9.17, 15) is 27.9 Å². The smallest absolute Gasteiger partial charge is 0.405 e. The van der Waals surface area contributed by atoms with E-state index in [1.165, 1.54) is 18.3 Å². The minimum absolute atomic E-state index is 0.149. The molecule has 0 spiro atoms. The summed E-state index contributed by atoms with van der Waals surface area (Å²) in [4.78, 5) is 24.6. The number of nitrogen functional groups attached to an aromatic ring is 1. The monoisotopic (exact) mass is 470 g/mol. The van der Waals surface area contributed by atoms with Gasteiger partial charge < -0.3 is 26.4 Å². The number of carbonyl (C=O) groups excluding carboxylic acids is 1. The molecule has 3 rings (SSSR count). The molecule has 10 heteroatoms. The highest BCUT2D eigenvalue weighted by molar-refractivity contribution is 5.91. The third-order valence-corrected chi connectivity index (χ3v) is 4.74. The predicted octanol–water partition coefficient (Wildman–Crippen LogP) is 5.60. The second-order valence-electron chi connectivity index (χ2n) is 7.19. The Balaban J connectivity index is 1.83. The van der Waals surface area contributed by atoms with Crippen LogP contribution in [0.4, 0.5) is 40.7 Å². The molecule has 176 valence electrons. The third-order valence-electron chi connectivity index (χ3n) is 4.74. The number of nitrogens with zero attached hydrogens (tertiary/aromatic N) is 1. The lowest BCUT2D eigenvalue weighted by atomic mass is 10.0. The fraction of sp³-hybridized carbons (Fsp3) is 0.0833. The second-order valence-corrected chi connectivity index (χ2v) is 7.19. The summed E-state index contributed by atoms with van der Waals surface area (Å²) in [5.74, 6) is -1.04. The number of nitrogens with one attached hydrogen (secondary N) is 2. The quantitative estimate of drug-likeness (QED) is 0.336. The van der Waals surface area contributed by atoms with Crippen molar-refractivity contribution < 1.29 is 27.9 Å². The molecule has 5 N–H and O–H groups in total. The number of rotatable bonds is 7. The normalized spacial score (nSPS) is 10.9. The van der Waals surface area contributed by atoms with Crippen molar-refractivity contribution in [2.24, 2.45) is 0 Å². The molecule has 0 fully saturated rings. The van der Waals surface area contributed by atoms with Crippen LogP contribution >= 0.6 is 0 Å². The van der Waals surface area contributed by atoms with Gasteiger partial charge in [0.1, 0.15) is 6.54 Å². The molecule has 0 saturated carbocycles. The van der Waals surface area contributed by atoms with Crippen molar-refractivity contribution in [3.8, 4) is 11.1 Å². The van der Waals surface area contributed by atoms with E-state index >= 15 is 0 Å². The average Bonchev–Trinajstić information content (AvgIpc) is 2.79. The van der Waals surface area contributed by atoms with Gasteiger partial charge in [0.25, 0.3) is 0 Å². The van der Waals surface area contributed by atoms with Crippen molar-refractivity contribution in [2.75, 3.05) is 22.5 Å². The van der Waals surface area contributed by atoms with Gasteiger partial charge in [-0.25, -0.2) is 9.59 Å². The molecule has 0 unspecified atom stereocenters. The van der Waals surface area contributed by atoms with Gasteiger partial charge in [-0.05, 0) is 53.6 Å². The van der Waals surface area contributed by atoms with E-state index in [0.29, 0.717) is 28.2 Å². The first-order valence-corrected chi connectivity index (χ1v) is 9.94. The summed E-state index contributed by atoms with van der Waals surface area (Å²) in [6.45, 7) is 2.35. The number of urea groups is 1. The minimum atomic E-state index is -4.52. The van der Waals surface area contributed by atoms with E-state index in [1.807, 2.05) is 0 Å². The Morgan fingerprint density at radius 3 is 2.38 bits per heavy atom. The maximum absolute atomic E-state index is 12.3. The van der Waals surface area contributed by atoms with Gasteiger partial charge in [0.15, 0.2) is 0 Å². The summed E-state index contributed by atoms with van der Waals surface area (Å²) >= 11 is 0. The highest BCUT2D eigenvalue weighted by atomic mass is 19.4. The lowest BCUT2D eigenvalue weighted by molar-refractivity contribution is -0.122. The van der Waals surface area contributed by atoms with Crippen molar-refractivity contribution in [2.45, 2.75) is 6.18 Å². The number of nitrogens with two attached hydrogens (primary N) is 1. The summed E-state index contributed by atoms with van der Waals surface area (Å²) in [6, 6.07) is 17.1. The molecule has 7 nitrogen and oxygen atoms in total. The number of anilines is 4. The number of amides is 2. The highest BCUT2D eigenvalue weighted by Gasteiger charge is 2.27. The van der Waals surface area contributed by atoms with Crippen LogP contribution in [0.15, 0.2) is 79.5 Å². The van der Waals surface area contributed by atoms with Crippen LogP contribution in [-0.2, 0) is 0 Å². The van der Waals surface area contributed by atoms with Crippen LogP contribution in [0.1, 0.15) is 10.4 Å². The topological polar surface area (TPSA) is 108 Å². The Bertz CT molecular complexity index is 1230. The van der Waals surface area contributed by atoms with Crippen LogP contribution in [0.2, 0.25) is 0 Å². The molecule has 0 bridgehead atoms.